The van der Waals surface area contributed by atoms with Crippen molar-refractivity contribution in [2.24, 2.45) is 0 Å². The van der Waals surface area contributed by atoms with E-state index in [4.69, 9.17) is 5.11 Å². The fourth-order valence-electron chi connectivity index (χ4n) is 0.179. The van der Waals surface area contributed by atoms with Gasteiger partial charge in [0, 0.05) is 6.08 Å². The highest BCUT2D eigenvalue weighted by Gasteiger charge is 1.84. The summed E-state index contributed by atoms with van der Waals surface area (Å²) in [4.78, 5) is 10.2. The molecule has 0 atom stereocenters. The van der Waals surface area contributed by atoms with Crippen LogP contribution in [0, 0.1) is 0 Å². The lowest BCUT2D eigenvalue weighted by molar-refractivity contribution is -0.131. The van der Waals surface area contributed by atoms with E-state index < -0.39 is 5.97 Å². The van der Waals surface area contributed by atoms with Gasteiger partial charge in [0.15, 0.2) is 0 Å². The van der Waals surface area contributed by atoms with E-state index >= 15 is 0 Å². The molecule has 0 saturated heterocycles. The normalized spacial score (nSPS) is 11.4. The van der Waals surface area contributed by atoms with Crippen LogP contribution < -0.4 is 0 Å². The summed E-state index contributed by atoms with van der Waals surface area (Å²) >= 11 is 3.72. The van der Waals surface area contributed by atoms with Crippen LogP contribution in [0.1, 0.15) is 6.92 Å². The fourth-order valence-corrected chi connectivity index (χ4v) is 0.289. The van der Waals surface area contributed by atoms with Gasteiger partial charge in [-0.2, -0.15) is 0 Å². The van der Waals surface area contributed by atoms with Crippen molar-refractivity contribution in [3.63, 3.8) is 0 Å². The molecule has 0 aromatic carbocycles. The molecule has 0 aliphatic carbocycles. The maximum atomic E-state index is 9.68. The molecule has 0 aromatic heterocycles. The van der Waals surface area contributed by atoms with Gasteiger partial charge in [-0.3, -0.25) is 0 Å². The molecule has 0 aromatic rings. The SMILES string of the molecule is CC(S)=CC(=O)O. The van der Waals surface area contributed by atoms with E-state index in [1.165, 1.54) is 0 Å². The van der Waals surface area contributed by atoms with Crippen molar-refractivity contribution in [1.29, 1.82) is 0 Å². The molecule has 2 nitrogen and oxygen atoms in total. The Hall–Kier alpha value is -0.440. The quantitative estimate of drug-likeness (QED) is 0.396. The number of carboxylic acid groups (broad SMARTS) is 1. The van der Waals surface area contributed by atoms with Crippen LogP contribution in [0.2, 0.25) is 0 Å². The van der Waals surface area contributed by atoms with Crippen LogP contribution in [0.5, 0.6) is 0 Å². The van der Waals surface area contributed by atoms with Gasteiger partial charge in [0.05, 0.1) is 0 Å². The van der Waals surface area contributed by atoms with Gasteiger partial charge in [-0.25, -0.2) is 4.79 Å². The first kappa shape index (κ1) is 6.56. The van der Waals surface area contributed by atoms with Gasteiger partial charge in [-0.1, -0.05) is 0 Å². The first-order chi connectivity index (χ1) is 3.13. The first-order valence-electron chi connectivity index (χ1n) is 1.73. The second kappa shape index (κ2) is 2.69. The van der Waals surface area contributed by atoms with Gasteiger partial charge in [0.2, 0.25) is 0 Å². The van der Waals surface area contributed by atoms with Crippen LogP contribution >= 0.6 is 12.6 Å². The molecule has 0 spiro atoms. The molecule has 0 rings (SSSR count). The van der Waals surface area contributed by atoms with Gasteiger partial charge in [0.1, 0.15) is 0 Å². The highest BCUT2D eigenvalue weighted by molar-refractivity contribution is 7.84. The molecule has 0 fully saturated rings. The molecule has 40 valence electrons. The van der Waals surface area contributed by atoms with Crippen molar-refractivity contribution in [2.45, 2.75) is 6.92 Å². The number of aliphatic carboxylic acids is 1. The van der Waals surface area contributed by atoms with E-state index in [1.807, 2.05) is 0 Å². The Balaban J connectivity index is 3.68. The highest BCUT2D eigenvalue weighted by Crippen LogP contribution is 1.94. The van der Waals surface area contributed by atoms with Crippen molar-refractivity contribution in [2.75, 3.05) is 0 Å². The molecule has 0 aliphatic rings. The number of hydrogen-bond donors (Lipinski definition) is 2. The zero-order chi connectivity index (χ0) is 5.86. The average Bonchev–Trinajstić information content (AvgIpc) is 1.27. The predicted molar refractivity (Wildman–Crippen MR) is 30.4 cm³/mol. The zero-order valence-corrected chi connectivity index (χ0v) is 4.77. The lowest BCUT2D eigenvalue weighted by atomic mass is 10.5. The van der Waals surface area contributed by atoms with Gasteiger partial charge >= 0.3 is 5.97 Å². The third-order valence-electron chi connectivity index (χ3n) is 0.332. The summed E-state index contributed by atoms with van der Waals surface area (Å²) in [6.45, 7) is 1.61. The molecular formula is C4H6O2S. The summed E-state index contributed by atoms with van der Waals surface area (Å²) in [6.07, 6.45) is 1.03. The molecular weight excluding hydrogens is 112 g/mol. The van der Waals surface area contributed by atoms with Crippen LogP contribution in [0.4, 0.5) is 0 Å². The zero-order valence-electron chi connectivity index (χ0n) is 3.88. The summed E-state index contributed by atoms with van der Waals surface area (Å²) in [7, 11) is 0. The Kier molecular flexibility index (Phi) is 2.52. The van der Waals surface area contributed by atoms with Crippen molar-refractivity contribution in [1.82, 2.24) is 0 Å². The monoisotopic (exact) mass is 118 g/mol. The Morgan fingerprint density at radius 2 is 2.29 bits per heavy atom. The number of carboxylic acids is 1. The number of carbonyl (C=O) groups is 1. The molecule has 3 heteroatoms. The second-order valence-corrected chi connectivity index (χ2v) is 1.83. The topological polar surface area (TPSA) is 37.3 Å². The smallest absolute Gasteiger partial charge is 0.329 e. The Morgan fingerprint density at radius 1 is 1.86 bits per heavy atom. The lowest BCUT2D eigenvalue weighted by Crippen LogP contribution is -1.85. The Bertz CT molecular complexity index is 102. The van der Waals surface area contributed by atoms with Crippen LogP contribution in [0.25, 0.3) is 0 Å². The second-order valence-electron chi connectivity index (χ2n) is 1.12. The number of allylic oxidation sites excluding steroid dienone is 1. The molecule has 0 aliphatic heterocycles. The van der Waals surface area contributed by atoms with E-state index in [0.29, 0.717) is 4.91 Å². The van der Waals surface area contributed by atoms with Gasteiger partial charge < -0.3 is 5.11 Å². The van der Waals surface area contributed by atoms with Gasteiger partial charge in [-0.15, -0.1) is 12.6 Å². The summed E-state index contributed by atoms with van der Waals surface area (Å²) in [5.74, 6) is -0.951. The average molecular weight is 118 g/mol. The largest absolute Gasteiger partial charge is 0.478 e. The third kappa shape index (κ3) is 5.56. The minimum Gasteiger partial charge on any atom is -0.478 e. The number of hydrogen-bond acceptors (Lipinski definition) is 2. The Morgan fingerprint density at radius 3 is 2.29 bits per heavy atom. The van der Waals surface area contributed by atoms with Crippen molar-refractivity contribution < 1.29 is 9.90 Å². The molecule has 0 saturated carbocycles. The molecule has 0 radical (unpaired) electrons. The maximum Gasteiger partial charge on any atom is 0.329 e. The van der Waals surface area contributed by atoms with Crippen molar-refractivity contribution >= 4 is 18.6 Å². The summed E-state index contributed by atoms with van der Waals surface area (Å²) in [5, 5.41) is 7.96. The van der Waals surface area contributed by atoms with Crippen LogP contribution in [0.3, 0.4) is 0 Å². The molecule has 1 N–H and O–H groups in total. The fraction of sp³-hybridized carbons (Fsp3) is 0.250. The third-order valence-corrected chi connectivity index (χ3v) is 0.461. The number of thiol groups is 1. The van der Waals surface area contributed by atoms with Gasteiger partial charge in [-0.05, 0) is 11.8 Å². The standard InChI is InChI=1S/C4H6O2S/c1-3(7)2-4(5)6/h2,7H,1H3,(H,5,6). The summed E-state index contributed by atoms with van der Waals surface area (Å²) < 4.78 is 0. The van der Waals surface area contributed by atoms with Crippen molar-refractivity contribution in [3.05, 3.63) is 11.0 Å². The summed E-state index contributed by atoms with van der Waals surface area (Å²) in [6, 6.07) is 0. The predicted octanol–water partition coefficient (Wildman–Crippen LogP) is 0.905. The number of rotatable bonds is 1. The molecule has 0 bridgehead atoms. The minimum absolute atomic E-state index is 0.507. The van der Waals surface area contributed by atoms with E-state index in [1.54, 1.807) is 6.92 Å². The van der Waals surface area contributed by atoms with E-state index in [9.17, 15) is 4.79 Å². The lowest BCUT2D eigenvalue weighted by Gasteiger charge is -1.79. The first-order valence-corrected chi connectivity index (χ1v) is 2.18. The van der Waals surface area contributed by atoms with Crippen molar-refractivity contribution in [3.8, 4) is 0 Å². The van der Waals surface area contributed by atoms with Gasteiger partial charge in [0.25, 0.3) is 0 Å². The molecule has 0 heterocycles. The van der Waals surface area contributed by atoms with E-state index in [2.05, 4.69) is 12.6 Å². The molecule has 7 heavy (non-hydrogen) atoms. The molecule has 0 amide bonds. The van der Waals surface area contributed by atoms with Crippen LogP contribution in [-0.2, 0) is 4.79 Å². The van der Waals surface area contributed by atoms with E-state index in [0.717, 1.165) is 6.08 Å². The Labute approximate surface area is 47.3 Å². The maximum absolute atomic E-state index is 9.68. The molecule has 0 unspecified atom stereocenters. The summed E-state index contributed by atoms with van der Waals surface area (Å²) in [5.41, 5.74) is 0. The van der Waals surface area contributed by atoms with Crippen LogP contribution in [-0.4, -0.2) is 11.1 Å². The van der Waals surface area contributed by atoms with E-state index in [-0.39, 0.29) is 0 Å². The minimum atomic E-state index is -0.951. The highest BCUT2D eigenvalue weighted by atomic mass is 32.1. The van der Waals surface area contributed by atoms with Crippen LogP contribution in [0.15, 0.2) is 11.0 Å².